The molecule has 2 N–H and O–H groups in total. The van der Waals surface area contributed by atoms with Crippen LogP contribution in [0.25, 0.3) is 0 Å². The van der Waals surface area contributed by atoms with Gasteiger partial charge in [-0.3, -0.25) is 4.79 Å². The van der Waals surface area contributed by atoms with Crippen molar-refractivity contribution in [2.45, 2.75) is 51.6 Å². The maximum absolute atomic E-state index is 12.2. The van der Waals surface area contributed by atoms with Gasteiger partial charge in [0.1, 0.15) is 0 Å². The fraction of sp³-hybridized carbons (Fsp3) is 0.929. The Morgan fingerprint density at radius 1 is 1.39 bits per heavy atom. The molecule has 1 heterocycles. The van der Waals surface area contributed by atoms with Gasteiger partial charge in [0, 0.05) is 12.1 Å². The largest absolute Gasteiger partial charge is 0.379 e. The Labute approximate surface area is 110 Å². The van der Waals surface area contributed by atoms with E-state index >= 15 is 0 Å². The zero-order chi connectivity index (χ0) is 13.0. The monoisotopic (exact) mass is 254 g/mol. The molecule has 4 nitrogen and oxygen atoms in total. The lowest BCUT2D eigenvalue weighted by Gasteiger charge is -2.33. The van der Waals surface area contributed by atoms with Crippen LogP contribution in [0.5, 0.6) is 0 Å². The van der Waals surface area contributed by atoms with Crippen LogP contribution in [0, 0.1) is 11.8 Å². The molecule has 1 saturated heterocycles. The molecule has 0 aromatic carbocycles. The summed E-state index contributed by atoms with van der Waals surface area (Å²) in [5.41, 5.74) is 0. The fourth-order valence-corrected chi connectivity index (χ4v) is 2.73. The number of rotatable bonds is 6. The number of ether oxygens (including phenoxy) is 1. The van der Waals surface area contributed by atoms with Crippen molar-refractivity contribution in [3.05, 3.63) is 0 Å². The number of nitrogens with one attached hydrogen (secondary N) is 2. The molecule has 3 atom stereocenters. The molecular formula is C14H26N2O2. The molecule has 1 aliphatic heterocycles. The van der Waals surface area contributed by atoms with Gasteiger partial charge in [-0.25, -0.2) is 0 Å². The molecule has 104 valence electrons. The minimum absolute atomic E-state index is 0.0147. The van der Waals surface area contributed by atoms with Crippen LogP contribution in [0.2, 0.25) is 0 Å². The van der Waals surface area contributed by atoms with Crippen LogP contribution in [0.4, 0.5) is 0 Å². The zero-order valence-electron chi connectivity index (χ0n) is 11.6. The molecule has 2 aliphatic rings. The number of carbonyl (C=O) groups is 1. The Kier molecular flexibility index (Phi) is 5.01. The van der Waals surface area contributed by atoms with E-state index < -0.39 is 0 Å². The van der Waals surface area contributed by atoms with Gasteiger partial charge in [0.15, 0.2) is 0 Å². The first-order valence-electron chi connectivity index (χ1n) is 7.34. The van der Waals surface area contributed by atoms with Crippen LogP contribution in [0.15, 0.2) is 0 Å². The fourth-order valence-electron chi connectivity index (χ4n) is 2.73. The molecule has 0 aromatic rings. The summed E-state index contributed by atoms with van der Waals surface area (Å²) in [6, 6.07) is 0.511. The first kappa shape index (κ1) is 13.8. The number of hydrogen-bond donors (Lipinski definition) is 2. The quantitative estimate of drug-likeness (QED) is 0.751. The van der Waals surface area contributed by atoms with Crippen molar-refractivity contribution in [1.29, 1.82) is 0 Å². The molecule has 2 fully saturated rings. The van der Waals surface area contributed by atoms with Crippen LogP contribution in [0.3, 0.4) is 0 Å². The lowest BCUT2D eigenvalue weighted by atomic mass is 9.80. The van der Waals surface area contributed by atoms with Crippen LogP contribution in [0.1, 0.15) is 39.5 Å². The smallest absolute Gasteiger partial charge is 0.227 e. The minimum Gasteiger partial charge on any atom is -0.379 e. The van der Waals surface area contributed by atoms with Gasteiger partial charge in [-0.1, -0.05) is 13.3 Å². The summed E-state index contributed by atoms with van der Waals surface area (Å²) in [5.74, 6) is 0.845. The summed E-state index contributed by atoms with van der Waals surface area (Å²) in [5, 5.41) is 6.58. The molecule has 0 spiro atoms. The summed E-state index contributed by atoms with van der Waals surface area (Å²) in [7, 11) is 0. The van der Waals surface area contributed by atoms with Crippen LogP contribution in [-0.2, 0) is 9.53 Å². The highest BCUT2D eigenvalue weighted by Crippen LogP contribution is 2.29. The molecule has 3 unspecified atom stereocenters. The van der Waals surface area contributed by atoms with E-state index in [1.165, 1.54) is 19.3 Å². The molecule has 2 rings (SSSR count). The van der Waals surface area contributed by atoms with Crippen molar-refractivity contribution < 1.29 is 9.53 Å². The van der Waals surface area contributed by atoms with Gasteiger partial charge in [0.05, 0.1) is 19.1 Å². The van der Waals surface area contributed by atoms with Gasteiger partial charge in [-0.2, -0.15) is 0 Å². The number of carbonyl (C=O) groups excluding carboxylic acids is 1. The van der Waals surface area contributed by atoms with E-state index in [2.05, 4.69) is 24.5 Å². The second-order valence-electron chi connectivity index (χ2n) is 5.69. The van der Waals surface area contributed by atoms with E-state index in [1.54, 1.807) is 0 Å². The SMILES string of the molecule is CCCNC1COCC1C(=O)NC(C)C1CCC1. The van der Waals surface area contributed by atoms with Crippen molar-refractivity contribution >= 4 is 5.91 Å². The lowest BCUT2D eigenvalue weighted by molar-refractivity contribution is -0.126. The van der Waals surface area contributed by atoms with E-state index in [0.29, 0.717) is 25.2 Å². The Hall–Kier alpha value is -0.610. The first-order valence-corrected chi connectivity index (χ1v) is 7.34. The highest BCUT2D eigenvalue weighted by molar-refractivity contribution is 5.80. The van der Waals surface area contributed by atoms with Crippen LogP contribution in [-0.4, -0.2) is 37.7 Å². The molecule has 0 bridgehead atoms. The zero-order valence-corrected chi connectivity index (χ0v) is 11.6. The Morgan fingerprint density at radius 3 is 2.78 bits per heavy atom. The highest BCUT2D eigenvalue weighted by atomic mass is 16.5. The predicted octanol–water partition coefficient (Wildman–Crippen LogP) is 1.31. The second kappa shape index (κ2) is 6.53. The molecule has 18 heavy (non-hydrogen) atoms. The van der Waals surface area contributed by atoms with Crippen molar-refractivity contribution in [3.63, 3.8) is 0 Å². The third kappa shape index (κ3) is 3.23. The molecule has 0 aromatic heterocycles. The molecule has 1 amide bonds. The van der Waals surface area contributed by atoms with Crippen molar-refractivity contribution in [1.82, 2.24) is 10.6 Å². The van der Waals surface area contributed by atoms with Crippen LogP contribution >= 0.6 is 0 Å². The summed E-state index contributed by atoms with van der Waals surface area (Å²) in [4.78, 5) is 12.2. The van der Waals surface area contributed by atoms with E-state index in [0.717, 1.165) is 13.0 Å². The molecule has 1 aliphatic carbocycles. The van der Waals surface area contributed by atoms with Crippen LogP contribution < -0.4 is 10.6 Å². The topological polar surface area (TPSA) is 50.4 Å². The standard InChI is InChI=1S/C14H26N2O2/c1-3-7-15-13-9-18-8-12(13)14(17)16-10(2)11-5-4-6-11/h10-13,15H,3-9H2,1-2H3,(H,16,17). The Balaban J connectivity index is 1.79. The number of hydrogen-bond acceptors (Lipinski definition) is 3. The maximum Gasteiger partial charge on any atom is 0.227 e. The summed E-state index contributed by atoms with van der Waals surface area (Å²) < 4.78 is 5.45. The van der Waals surface area contributed by atoms with Gasteiger partial charge in [-0.05, 0) is 38.6 Å². The first-order chi connectivity index (χ1) is 8.72. The summed E-state index contributed by atoms with van der Waals surface area (Å²) in [6.07, 6.45) is 4.93. The van der Waals surface area contributed by atoms with Crippen molar-refractivity contribution in [3.8, 4) is 0 Å². The third-order valence-corrected chi connectivity index (χ3v) is 4.30. The van der Waals surface area contributed by atoms with Gasteiger partial charge >= 0.3 is 0 Å². The summed E-state index contributed by atoms with van der Waals surface area (Å²) in [6.45, 7) is 6.44. The van der Waals surface area contributed by atoms with E-state index in [1.807, 2.05) is 0 Å². The highest BCUT2D eigenvalue weighted by Gasteiger charge is 2.35. The van der Waals surface area contributed by atoms with Gasteiger partial charge in [0.25, 0.3) is 0 Å². The van der Waals surface area contributed by atoms with E-state index in [9.17, 15) is 4.79 Å². The van der Waals surface area contributed by atoms with E-state index in [-0.39, 0.29) is 17.9 Å². The normalized spacial score (nSPS) is 29.9. The molecule has 4 heteroatoms. The van der Waals surface area contributed by atoms with Gasteiger partial charge in [-0.15, -0.1) is 0 Å². The second-order valence-corrected chi connectivity index (χ2v) is 5.69. The van der Waals surface area contributed by atoms with Gasteiger partial charge in [0.2, 0.25) is 5.91 Å². The third-order valence-electron chi connectivity index (χ3n) is 4.30. The minimum atomic E-state index is -0.0147. The average Bonchev–Trinajstić information content (AvgIpc) is 2.71. The van der Waals surface area contributed by atoms with E-state index in [4.69, 9.17) is 4.74 Å². The lowest BCUT2D eigenvalue weighted by Crippen LogP contribution is -2.48. The molecule has 0 radical (unpaired) electrons. The van der Waals surface area contributed by atoms with Gasteiger partial charge < -0.3 is 15.4 Å². The Morgan fingerprint density at radius 2 is 2.17 bits per heavy atom. The predicted molar refractivity (Wildman–Crippen MR) is 71.3 cm³/mol. The molecule has 1 saturated carbocycles. The maximum atomic E-state index is 12.2. The molecular weight excluding hydrogens is 228 g/mol. The average molecular weight is 254 g/mol. The van der Waals surface area contributed by atoms with Crippen molar-refractivity contribution in [2.24, 2.45) is 11.8 Å². The summed E-state index contributed by atoms with van der Waals surface area (Å²) >= 11 is 0. The number of amides is 1. The Bertz CT molecular complexity index is 279. The van der Waals surface area contributed by atoms with Crippen molar-refractivity contribution in [2.75, 3.05) is 19.8 Å².